The zero-order valence-electron chi connectivity index (χ0n) is 9.73. The number of amides is 1. The van der Waals surface area contributed by atoms with Crippen molar-refractivity contribution >= 4 is 17.3 Å². The molecule has 0 aromatic heterocycles. The smallest absolute Gasteiger partial charge is 0.267 e. The second-order valence-electron chi connectivity index (χ2n) is 3.98. The molecule has 0 bridgehead atoms. The summed E-state index contributed by atoms with van der Waals surface area (Å²) in [7, 11) is 0. The predicted octanol–water partition coefficient (Wildman–Crippen LogP) is 3.10. The first kappa shape index (κ1) is 10.6. The van der Waals surface area contributed by atoms with E-state index in [-0.39, 0.29) is 5.91 Å². The largest absolute Gasteiger partial charge is 0.271 e. The molecular weight excluding hydrogens is 224 g/mol. The van der Waals surface area contributed by atoms with Crippen LogP contribution in [0.5, 0.6) is 0 Å². The molecule has 0 aliphatic carbocycles. The van der Waals surface area contributed by atoms with Crippen molar-refractivity contribution in [3.63, 3.8) is 0 Å². The summed E-state index contributed by atoms with van der Waals surface area (Å²) in [6, 6.07) is 19.7. The Morgan fingerprint density at radius 3 is 1.61 bits per heavy atom. The fourth-order valence-electron chi connectivity index (χ4n) is 1.90. The molecule has 1 heterocycles. The first-order valence-corrected chi connectivity index (χ1v) is 5.78. The van der Waals surface area contributed by atoms with E-state index in [2.05, 4.69) is 0 Å². The lowest BCUT2D eigenvalue weighted by atomic mass is 10.2. The number of benzene rings is 2. The van der Waals surface area contributed by atoms with Crippen LogP contribution in [-0.4, -0.2) is 10.9 Å². The summed E-state index contributed by atoms with van der Waals surface area (Å²) in [6.07, 6.45) is 3.32. The molecule has 0 spiro atoms. The van der Waals surface area contributed by atoms with Gasteiger partial charge in [-0.15, -0.1) is 0 Å². The molecule has 0 saturated carbocycles. The van der Waals surface area contributed by atoms with E-state index < -0.39 is 0 Å². The van der Waals surface area contributed by atoms with Gasteiger partial charge in [0.2, 0.25) is 0 Å². The lowest BCUT2D eigenvalue weighted by molar-refractivity contribution is -0.126. The quantitative estimate of drug-likeness (QED) is 0.817. The molecular formula is C15H12N2O. The summed E-state index contributed by atoms with van der Waals surface area (Å²) >= 11 is 0. The van der Waals surface area contributed by atoms with E-state index in [1.807, 2.05) is 65.7 Å². The third-order valence-electron chi connectivity index (χ3n) is 2.80. The SMILES string of the molecule is O=C1C=CN1N(c1ccccc1)c1ccccc1. The van der Waals surface area contributed by atoms with Gasteiger partial charge in [0, 0.05) is 12.3 Å². The highest BCUT2D eigenvalue weighted by atomic mass is 16.2. The summed E-state index contributed by atoms with van der Waals surface area (Å²) in [5, 5.41) is 3.49. The van der Waals surface area contributed by atoms with Gasteiger partial charge in [0.25, 0.3) is 5.91 Å². The van der Waals surface area contributed by atoms with Crippen LogP contribution in [-0.2, 0) is 4.79 Å². The van der Waals surface area contributed by atoms with Gasteiger partial charge in [0.05, 0.1) is 11.4 Å². The molecule has 0 atom stereocenters. The van der Waals surface area contributed by atoms with E-state index in [0.717, 1.165) is 11.4 Å². The predicted molar refractivity (Wildman–Crippen MR) is 71.0 cm³/mol. The van der Waals surface area contributed by atoms with Gasteiger partial charge in [-0.1, -0.05) is 36.4 Å². The average Bonchev–Trinajstić information content (AvgIpc) is 2.45. The van der Waals surface area contributed by atoms with Crippen LogP contribution in [0, 0.1) is 0 Å². The Balaban J connectivity index is 2.05. The standard InChI is InChI=1S/C15H12N2O/c18-15-11-12-16(15)17(13-7-3-1-4-8-13)14-9-5-2-6-10-14/h1-12H. The Hall–Kier alpha value is -2.55. The van der Waals surface area contributed by atoms with E-state index in [1.165, 1.54) is 0 Å². The third-order valence-corrected chi connectivity index (χ3v) is 2.80. The molecule has 0 fully saturated rings. The van der Waals surface area contributed by atoms with Gasteiger partial charge in [-0.05, 0) is 24.3 Å². The van der Waals surface area contributed by atoms with Crippen LogP contribution in [0.1, 0.15) is 0 Å². The van der Waals surface area contributed by atoms with E-state index in [9.17, 15) is 4.79 Å². The maximum absolute atomic E-state index is 11.6. The van der Waals surface area contributed by atoms with Gasteiger partial charge >= 0.3 is 0 Å². The molecule has 2 aromatic carbocycles. The molecule has 1 aliphatic heterocycles. The van der Waals surface area contributed by atoms with Crippen molar-refractivity contribution in [2.75, 3.05) is 5.01 Å². The number of para-hydroxylation sites is 2. The van der Waals surface area contributed by atoms with Gasteiger partial charge in [-0.2, -0.15) is 0 Å². The van der Waals surface area contributed by atoms with E-state index in [1.54, 1.807) is 17.3 Å². The highest BCUT2D eigenvalue weighted by Gasteiger charge is 2.25. The average molecular weight is 236 g/mol. The van der Waals surface area contributed by atoms with Crippen molar-refractivity contribution in [2.45, 2.75) is 0 Å². The number of nitrogens with zero attached hydrogens (tertiary/aromatic N) is 2. The van der Waals surface area contributed by atoms with Crippen LogP contribution in [0.25, 0.3) is 0 Å². The van der Waals surface area contributed by atoms with Crippen molar-refractivity contribution in [2.24, 2.45) is 0 Å². The van der Waals surface area contributed by atoms with E-state index in [0.29, 0.717) is 0 Å². The Kier molecular flexibility index (Phi) is 2.57. The Morgan fingerprint density at radius 1 is 0.778 bits per heavy atom. The Labute approximate surface area is 106 Å². The second-order valence-corrected chi connectivity index (χ2v) is 3.98. The van der Waals surface area contributed by atoms with Gasteiger partial charge < -0.3 is 0 Å². The van der Waals surface area contributed by atoms with Gasteiger partial charge in [0.15, 0.2) is 0 Å². The van der Waals surface area contributed by atoms with Crippen LogP contribution in [0.2, 0.25) is 0 Å². The van der Waals surface area contributed by atoms with E-state index in [4.69, 9.17) is 0 Å². The van der Waals surface area contributed by atoms with Crippen molar-refractivity contribution in [3.8, 4) is 0 Å². The first-order chi connectivity index (χ1) is 8.86. The van der Waals surface area contributed by atoms with Crippen LogP contribution in [0.4, 0.5) is 11.4 Å². The molecule has 3 nitrogen and oxygen atoms in total. The topological polar surface area (TPSA) is 23.6 Å². The van der Waals surface area contributed by atoms with Crippen LogP contribution in [0.15, 0.2) is 72.9 Å². The highest BCUT2D eigenvalue weighted by molar-refractivity contribution is 5.96. The molecule has 2 aromatic rings. The first-order valence-electron chi connectivity index (χ1n) is 5.78. The van der Waals surface area contributed by atoms with Crippen LogP contribution >= 0.6 is 0 Å². The minimum absolute atomic E-state index is 0.0114. The molecule has 0 unspecified atom stereocenters. The molecule has 0 radical (unpaired) electrons. The van der Waals surface area contributed by atoms with Crippen molar-refractivity contribution in [1.82, 2.24) is 5.01 Å². The summed E-state index contributed by atoms with van der Waals surface area (Å²) in [4.78, 5) is 11.6. The Bertz CT molecular complexity index is 538. The number of hydrogen-bond donors (Lipinski definition) is 0. The minimum atomic E-state index is -0.0114. The van der Waals surface area contributed by atoms with Crippen molar-refractivity contribution in [3.05, 3.63) is 72.9 Å². The zero-order valence-corrected chi connectivity index (χ0v) is 9.73. The number of hydrogen-bond acceptors (Lipinski definition) is 2. The van der Waals surface area contributed by atoms with Gasteiger partial charge in [0.1, 0.15) is 0 Å². The minimum Gasteiger partial charge on any atom is -0.267 e. The molecule has 0 N–H and O–H groups in total. The highest BCUT2D eigenvalue weighted by Crippen LogP contribution is 2.29. The normalized spacial score (nSPS) is 13.3. The monoisotopic (exact) mass is 236 g/mol. The van der Waals surface area contributed by atoms with Crippen molar-refractivity contribution < 1.29 is 4.79 Å². The van der Waals surface area contributed by atoms with E-state index >= 15 is 0 Å². The maximum Gasteiger partial charge on any atom is 0.271 e. The lowest BCUT2D eigenvalue weighted by Gasteiger charge is -2.37. The number of anilines is 2. The third kappa shape index (κ3) is 1.76. The molecule has 1 amide bonds. The number of carbonyl (C=O) groups excluding carboxylic acids is 1. The molecule has 0 saturated heterocycles. The molecule has 18 heavy (non-hydrogen) atoms. The fourth-order valence-corrected chi connectivity index (χ4v) is 1.90. The van der Waals surface area contributed by atoms with Crippen LogP contribution < -0.4 is 5.01 Å². The number of rotatable bonds is 3. The number of carbonyl (C=O) groups is 1. The van der Waals surface area contributed by atoms with Crippen molar-refractivity contribution in [1.29, 1.82) is 0 Å². The van der Waals surface area contributed by atoms with Gasteiger partial charge in [-0.3, -0.25) is 4.79 Å². The summed E-state index contributed by atoms with van der Waals surface area (Å²) in [5.74, 6) is -0.0114. The fraction of sp³-hybridized carbons (Fsp3) is 0. The summed E-state index contributed by atoms with van der Waals surface area (Å²) < 4.78 is 0. The Morgan fingerprint density at radius 2 is 1.28 bits per heavy atom. The zero-order chi connectivity index (χ0) is 12.4. The molecule has 88 valence electrons. The summed E-state index contributed by atoms with van der Waals surface area (Å²) in [5.41, 5.74) is 1.92. The van der Waals surface area contributed by atoms with Crippen LogP contribution in [0.3, 0.4) is 0 Å². The summed E-state index contributed by atoms with van der Waals surface area (Å²) in [6.45, 7) is 0. The lowest BCUT2D eigenvalue weighted by Crippen LogP contribution is -2.44. The second kappa shape index (κ2) is 4.37. The maximum atomic E-state index is 11.6. The number of hydrazine groups is 1. The molecule has 3 heteroatoms. The molecule has 1 aliphatic rings. The van der Waals surface area contributed by atoms with Gasteiger partial charge in [-0.25, -0.2) is 10.0 Å². The molecule has 3 rings (SSSR count).